The number of nitrogens with zero attached hydrogens (tertiary/aromatic N) is 1. The maximum atomic E-state index is 10.7. The van der Waals surface area contributed by atoms with Crippen molar-refractivity contribution in [3.05, 3.63) is 30.3 Å². The van der Waals surface area contributed by atoms with Crippen molar-refractivity contribution in [3.63, 3.8) is 0 Å². The van der Waals surface area contributed by atoms with Gasteiger partial charge in [0.05, 0.1) is 0 Å². The van der Waals surface area contributed by atoms with Gasteiger partial charge in [-0.3, -0.25) is 0 Å². The summed E-state index contributed by atoms with van der Waals surface area (Å²) in [5, 5.41) is 8.77. The first kappa shape index (κ1) is 12.8. The van der Waals surface area contributed by atoms with Gasteiger partial charge in [0.1, 0.15) is 6.04 Å². The molecular formula is C10H14ClNO2. The fourth-order valence-electron chi connectivity index (χ4n) is 1.05. The van der Waals surface area contributed by atoms with E-state index in [-0.39, 0.29) is 12.4 Å². The van der Waals surface area contributed by atoms with E-state index < -0.39 is 12.0 Å². The minimum atomic E-state index is -0.814. The van der Waals surface area contributed by atoms with E-state index in [1.54, 1.807) is 18.9 Å². The Morgan fingerprint density at radius 1 is 1.36 bits per heavy atom. The molecule has 0 aliphatic carbocycles. The van der Waals surface area contributed by atoms with Crippen LogP contribution in [0.3, 0.4) is 0 Å². The highest BCUT2D eigenvalue weighted by molar-refractivity contribution is 5.85. The number of hydrogen-bond donors (Lipinski definition) is 1. The van der Waals surface area contributed by atoms with Crippen LogP contribution >= 0.6 is 12.4 Å². The Labute approximate surface area is 89.8 Å². The van der Waals surface area contributed by atoms with Gasteiger partial charge < -0.3 is 10.0 Å². The Hall–Kier alpha value is -1.22. The molecule has 1 aromatic rings. The van der Waals surface area contributed by atoms with Gasteiger partial charge in [-0.25, -0.2) is 4.79 Å². The lowest BCUT2D eigenvalue weighted by molar-refractivity contribution is -0.138. The maximum Gasteiger partial charge on any atom is 0.326 e. The van der Waals surface area contributed by atoms with Crippen molar-refractivity contribution < 1.29 is 9.90 Å². The molecule has 0 saturated heterocycles. The van der Waals surface area contributed by atoms with E-state index in [1.807, 2.05) is 30.3 Å². The topological polar surface area (TPSA) is 40.5 Å². The smallest absolute Gasteiger partial charge is 0.326 e. The summed E-state index contributed by atoms with van der Waals surface area (Å²) in [5.74, 6) is -0.814. The molecular weight excluding hydrogens is 202 g/mol. The van der Waals surface area contributed by atoms with E-state index in [2.05, 4.69) is 0 Å². The van der Waals surface area contributed by atoms with Gasteiger partial charge in [-0.1, -0.05) is 18.2 Å². The average molecular weight is 216 g/mol. The lowest BCUT2D eigenvalue weighted by Crippen LogP contribution is -2.35. The van der Waals surface area contributed by atoms with Crippen LogP contribution in [0.25, 0.3) is 0 Å². The molecule has 0 amide bonds. The Balaban J connectivity index is 0.00000169. The zero-order valence-corrected chi connectivity index (χ0v) is 8.99. The summed E-state index contributed by atoms with van der Waals surface area (Å²) in [7, 11) is 1.77. The third kappa shape index (κ3) is 2.92. The monoisotopic (exact) mass is 215 g/mol. The molecule has 0 radical (unpaired) electrons. The van der Waals surface area contributed by atoms with Gasteiger partial charge in [-0.05, 0) is 19.1 Å². The second kappa shape index (κ2) is 5.50. The van der Waals surface area contributed by atoms with Crippen LogP contribution in [-0.2, 0) is 4.79 Å². The fourth-order valence-corrected chi connectivity index (χ4v) is 1.05. The summed E-state index contributed by atoms with van der Waals surface area (Å²) in [6, 6.07) is 8.96. The second-order valence-corrected chi connectivity index (χ2v) is 2.96. The van der Waals surface area contributed by atoms with Crippen LogP contribution in [0.15, 0.2) is 30.3 Å². The highest BCUT2D eigenvalue weighted by atomic mass is 35.5. The molecule has 0 bridgehead atoms. The van der Waals surface area contributed by atoms with E-state index in [0.717, 1.165) is 5.69 Å². The molecule has 1 aromatic carbocycles. The number of carboxylic acid groups (broad SMARTS) is 1. The molecule has 4 heteroatoms. The normalized spacial score (nSPS) is 11.3. The highest BCUT2D eigenvalue weighted by Crippen LogP contribution is 2.13. The number of likely N-dealkylation sites (N-methyl/N-ethyl adjacent to an activating group) is 1. The van der Waals surface area contributed by atoms with E-state index >= 15 is 0 Å². The Morgan fingerprint density at radius 3 is 2.29 bits per heavy atom. The molecule has 1 N–H and O–H groups in total. The quantitative estimate of drug-likeness (QED) is 0.839. The SMILES string of the molecule is C[C@@H](C(=O)O)N(C)c1ccccc1.Cl. The van der Waals surface area contributed by atoms with Gasteiger partial charge in [0.15, 0.2) is 0 Å². The summed E-state index contributed by atoms with van der Waals surface area (Å²) in [5.41, 5.74) is 0.914. The van der Waals surface area contributed by atoms with Crippen molar-refractivity contribution in [2.24, 2.45) is 0 Å². The molecule has 1 atom stereocenters. The number of carboxylic acids is 1. The minimum absolute atomic E-state index is 0. The first-order chi connectivity index (χ1) is 6.13. The van der Waals surface area contributed by atoms with Gasteiger partial charge in [0.2, 0.25) is 0 Å². The number of anilines is 1. The first-order valence-corrected chi connectivity index (χ1v) is 4.13. The second-order valence-electron chi connectivity index (χ2n) is 2.96. The summed E-state index contributed by atoms with van der Waals surface area (Å²) in [6.07, 6.45) is 0. The molecule has 0 fully saturated rings. The van der Waals surface area contributed by atoms with Crippen molar-refractivity contribution in [2.75, 3.05) is 11.9 Å². The zero-order chi connectivity index (χ0) is 9.84. The Bertz CT molecular complexity index is 289. The Morgan fingerprint density at radius 2 is 1.86 bits per heavy atom. The maximum absolute atomic E-state index is 10.7. The molecule has 0 aliphatic heterocycles. The van der Waals surface area contributed by atoms with Crippen molar-refractivity contribution >= 4 is 24.1 Å². The van der Waals surface area contributed by atoms with E-state index in [1.165, 1.54) is 0 Å². The van der Waals surface area contributed by atoms with Crippen molar-refractivity contribution in [2.45, 2.75) is 13.0 Å². The van der Waals surface area contributed by atoms with E-state index in [9.17, 15) is 4.79 Å². The molecule has 78 valence electrons. The van der Waals surface area contributed by atoms with E-state index in [4.69, 9.17) is 5.11 Å². The number of halogens is 1. The third-order valence-corrected chi connectivity index (χ3v) is 2.10. The van der Waals surface area contributed by atoms with Crippen molar-refractivity contribution in [1.29, 1.82) is 0 Å². The number of hydrogen-bond acceptors (Lipinski definition) is 2. The Kier molecular flexibility index (Phi) is 5.02. The van der Waals surface area contributed by atoms with Crippen molar-refractivity contribution in [1.82, 2.24) is 0 Å². The van der Waals surface area contributed by atoms with Crippen molar-refractivity contribution in [3.8, 4) is 0 Å². The third-order valence-electron chi connectivity index (χ3n) is 2.10. The van der Waals surface area contributed by atoms with Crippen LogP contribution in [0.4, 0.5) is 5.69 Å². The summed E-state index contributed by atoms with van der Waals surface area (Å²) < 4.78 is 0. The number of benzene rings is 1. The summed E-state index contributed by atoms with van der Waals surface area (Å²) in [4.78, 5) is 12.4. The van der Waals surface area contributed by atoms with Gasteiger partial charge in [-0.15, -0.1) is 12.4 Å². The van der Waals surface area contributed by atoms with Crippen LogP contribution in [0, 0.1) is 0 Å². The van der Waals surface area contributed by atoms with Crippen LogP contribution in [0.1, 0.15) is 6.92 Å². The van der Waals surface area contributed by atoms with E-state index in [0.29, 0.717) is 0 Å². The van der Waals surface area contributed by atoms with Gasteiger partial charge in [0.25, 0.3) is 0 Å². The number of rotatable bonds is 3. The van der Waals surface area contributed by atoms with Gasteiger partial charge in [-0.2, -0.15) is 0 Å². The van der Waals surface area contributed by atoms with Gasteiger partial charge >= 0.3 is 5.97 Å². The predicted molar refractivity (Wildman–Crippen MR) is 59.2 cm³/mol. The minimum Gasteiger partial charge on any atom is -0.480 e. The average Bonchev–Trinajstić information content (AvgIpc) is 2.17. The predicted octanol–water partition coefficient (Wildman–Crippen LogP) is 2.02. The van der Waals surface area contributed by atoms with Crippen LogP contribution in [0.2, 0.25) is 0 Å². The number of carbonyl (C=O) groups is 1. The highest BCUT2D eigenvalue weighted by Gasteiger charge is 2.16. The molecule has 0 aromatic heterocycles. The number of aliphatic carboxylic acids is 1. The molecule has 14 heavy (non-hydrogen) atoms. The molecule has 0 aliphatic rings. The lowest BCUT2D eigenvalue weighted by atomic mass is 10.2. The molecule has 0 spiro atoms. The van der Waals surface area contributed by atoms with Crippen LogP contribution < -0.4 is 4.90 Å². The summed E-state index contributed by atoms with van der Waals surface area (Å²) >= 11 is 0. The molecule has 1 rings (SSSR count). The van der Waals surface area contributed by atoms with Gasteiger partial charge in [0, 0.05) is 12.7 Å². The largest absolute Gasteiger partial charge is 0.480 e. The first-order valence-electron chi connectivity index (χ1n) is 4.13. The molecule has 0 heterocycles. The summed E-state index contributed by atoms with van der Waals surface area (Å²) in [6.45, 7) is 1.66. The van der Waals surface area contributed by atoms with Crippen LogP contribution in [-0.4, -0.2) is 24.2 Å². The molecule has 3 nitrogen and oxygen atoms in total. The lowest BCUT2D eigenvalue weighted by Gasteiger charge is -2.23. The molecule has 0 saturated carbocycles. The van der Waals surface area contributed by atoms with Crippen LogP contribution in [0.5, 0.6) is 0 Å². The fraction of sp³-hybridized carbons (Fsp3) is 0.300. The molecule has 0 unspecified atom stereocenters. The standard InChI is InChI=1S/C10H13NO2.ClH/c1-8(10(12)13)11(2)9-6-4-3-5-7-9;/h3-8H,1-2H3,(H,12,13);1H/t8-;/m0./s1. The number of para-hydroxylation sites is 1. The zero-order valence-electron chi connectivity index (χ0n) is 8.18.